The van der Waals surface area contributed by atoms with E-state index in [1.807, 2.05) is 0 Å². The van der Waals surface area contributed by atoms with Crippen LogP contribution in [-0.4, -0.2) is 53.4 Å². The highest BCUT2D eigenvalue weighted by molar-refractivity contribution is 5.73. The summed E-state index contributed by atoms with van der Waals surface area (Å²) in [5.74, 6) is 0.721. The molecule has 1 fully saturated rings. The van der Waals surface area contributed by atoms with E-state index in [4.69, 9.17) is 0 Å². The van der Waals surface area contributed by atoms with E-state index >= 15 is 0 Å². The van der Waals surface area contributed by atoms with Gasteiger partial charge in [-0.3, -0.25) is 9.69 Å². The van der Waals surface area contributed by atoms with Gasteiger partial charge in [-0.1, -0.05) is 0 Å². The molecule has 1 aliphatic rings. The van der Waals surface area contributed by atoms with Crippen molar-refractivity contribution in [1.82, 2.24) is 14.9 Å². The highest BCUT2D eigenvalue weighted by Crippen LogP contribution is 2.11. The second kappa shape index (κ2) is 5.23. The molecule has 0 N–H and O–H groups in total. The third-order valence-corrected chi connectivity index (χ3v) is 3.12. The molecule has 0 amide bonds. The standard InChI is InChI=1S/C12H18N4O/c1-10(2)15-3-5-16(6-4-15)12-13-7-11(9-17)8-14-12/h7-10H,3-6H2,1-2H3. The van der Waals surface area contributed by atoms with E-state index in [2.05, 4.69) is 33.6 Å². The van der Waals surface area contributed by atoms with Crippen LogP contribution in [0.3, 0.4) is 0 Å². The summed E-state index contributed by atoms with van der Waals surface area (Å²) in [6, 6.07) is 0.593. The summed E-state index contributed by atoms with van der Waals surface area (Å²) in [5, 5.41) is 0. The molecule has 17 heavy (non-hydrogen) atoms. The molecular weight excluding hydrogens is 216 g/mol. The number of carbonyl (C=O) groups is 1. The van der Waals surface area contributed by atoms with Gasteiger partial charge in [-0.05, 0) is 13.8 Å². The van der Waals surface area contributed by atoms with E-state index < -0.39 is 0 Å². The van der Waals surface area contributed by atoms with Crippen LogP contribution in [0, 0.1) is 0 Å². The third kappa shape index (κ3) is 2.79. The molecule has 1 saturated heterocycles. The molecule has 0 saturated carbocycles. The number of rotatable bonds is 3. The fraction of sp³-hybridized carbons (Fsp3) is 0.583. The summed E-state index contributed by atoms with van der Waals surface area (Å²) in [4.78, 5) is 23.5. The average Bonchev–Trinajstić information content (AvgIpc) is 2.39. The number of carbonyl (C=O) groups excluding carboxylic acids is 1. The van der Waals surface area contributed by atoms with Gasteiger partial charge in [0.1, 0.15) is 0 Å². The van der Waals surface area contributed by atoms with Crippen molar-refractivity contribution in [2.24, 2.45) is 0 Å². The number of anilines is 1. The van der Waals surface area contributed by atoms with Gasteiger partial charge in [0.05, 0.1) is 5.56 Å². The van der Waals surface area contributed by atoms with Gasteiger partial charge in [-0.25, -0.2) is 9.97 Å². The lowest BCUT2D eigenvalue weighted by Crippen LogP contribution is -2.49. The quantitative estimate of drug-likeness (QED) is 0.725. The predicted octanol–water partition coefficient (Wildman–Crippen LogP) is 0.819. The lowest BCUT2D eigenvalue weighted by atomic mass is 10.2. The summed E-state index contributed by atoms with van der Waals surface area (Å²) in [6.45, 7) is 8.39. The lowest BCUT2D eigenvalue weighted by molar-refractivity contribution is 0.112. The summed E-state index contributed by atoms with van der Waals surface area (Å²) in [5.41, 5.74) is 0.523. The zero-order valence-electron chi connectivity index (χ0n) is 10.3. The Kier molecular flexibility index (Phi) is 3.68. The molecular formula is C12H18N4O. The number of nitrogens with zero attached hydrogens (tertiary/aromatic N) is 4. The molecule has 0 unspecified atom stereocenters. The van der Waals surface area contributed by atoms with Crippen molar-refractivity contribution in [1.29, 1.82) is 0 Å². The Morgan fingerprint density at radius 1 is 1.18 bits per heavy atom. The lowest BCUT2D eigenvalue weighted by Gasteiger charge is -2.36. The molecule has 0 bridgehead atoms. The second-order valence-corrected chi connectivity index (χ2v) is 4.55. The van der Waals surface area contributed by atoms with Crippen molar-refractivity contribution >= 4 is 12.2 Å². The number of piperazine rings is 1. The molecule has 92 valence electrons. The highest BCUT2D eigenvalue weighted by atomic mass is 16.1. The fourth-order valence-electron chi connectivity index (χ4n) is 1.99. The van der Waals surface area contributed by atoms with Gasteiger partial charge in [-0.15, -0.1) is 0 Å². The smallest absolute Gasteiger partial charge is 0.225 e. The molecule has 1 aromatic rings. The van der Waals surface area contributed by atoms with Gasteiger partial charge < -0.3 is 4.90 Å². The second-order valence-electron chi connectivity index (χ2n) is 4.55. The van der Waals surface area contributed by atoms with E-state index in [1.54, 1.807) is 12.4 Å². The van der Waals surface area contributed by atoms with E-state index in [0.717, 1.165) is 38.4 Å². The van der Waals surface area contributed by atoms with E-state index in [9.17, 15) is 4.79 Å². The Balaban J connectivity index is 1.97. The fourth-order valence-corrected chi connectivity index (χ4v) is 1.99. The van der Waals surface area contributed by atoms with Gasteiger partial charge in [0.15, 0.2) is 6.29 Å². The zero-order chi connectivity index (χ0) is 12.3. The van der Waals surface area contributed by atoms with Crippen LogP contribution in [0.1, 0.15) is 24.2 Å². The summed E-state index contributed by atoms with van der Waals surface area (Å²) >= 11 is 0. The SMILES string of the molecule is CC(C)N1CCN(c2ncc(C=O)cn2)CC1. The zero-order valence-corrected chi connectivity index (χ0v) is 10.3. The molecule has 0 radical (unpaired) electrons. The van der Waals surface area contributed by atoms with Crippen molar-refractivity contribution < 1.29 is 4.79 Å². The Bertz CT molecular complexity index is 369. The topological polar surface area (TPSA) is 49.3 Å². The van der Waals surface area contributed by atoms with Gasteiger partial charge in [0.2, 0.25) is 5.95 Å². The molecule has 5 heteroatoms. The van der Waals surface area contributed by atoms with Crippen molar-refractivity contribution in [3.05, 3.63) is 18.0 Å². The van der Waals surface area contributed by atoms with Crippen LogP contribution < -0.4 is 4.90 Å². The maximum absolute atomic E-state index is 10.5. The minimum absolute atomic E-state index is 0.523. The van der Waals surface area contributed by atoms with E-state index in [0.29, 0.717) is 11.6 Å². The van der Waals surface area contributed by atoms with Crippen LogP contribution in [-0.2, 0) is 0 Å². The first-order valence-electron chi connectivity index (χ1n) is 5.97. The van der Waals surface area contributed by atoms with Crippen molar-refractivity contribution in [2.75, 3.05) is 31.1 Å². The highest BCUT2D eigenvalue weighted by Gasteiger charge is 2.20. The minimum atomic E-state index is 0.523. The van der Waals surface area contributed by atoms with Crippen LogP contribution in [0.15, 0.2) is 12.4 Å². The van der Waals surface area contributed by atoms with Crippen LogP contribution in [0.2, 0.25) is 0 Å². The number of aromatic nitrogens is 2. The van der Waals surface area contributed by atoms with Crippen molar-refractivity contribution in [3.8, 4) is 0 Å². The number of hydrogen-bond acceptors (Lipinski definition) is 5. The average molecular weight is 234 g/mol. The minimum Gasteiger partial charge on any atom is -0.338 e. The molecule has 0 spiro atoms. The Labute approximate surface area is 101 Å². The van der Waals surface area contributed by atoms with E-state index in [-0.39, 0.29) is 0 Å². The molecule has 2 rings (SSSR count). The molecule has 0 aromatic carbocycles. The predicted molar refractivity (Wildman–Crippen MR) is 66.3 cm³/mol. The maximum atomic E-state index is 10.5. The largest absolute Gasteiger partial charge is 0.338 e. The molecule has 0 aliphatic carbocycles. The van der Waals surface area contributed by atoms with Gasteiger partial charge in [0, 0.05) is 44.6 Å². The Morgan fingerprint density at radius 2 is 1.76 bits per heavy atom. The monoisotopic (exact) mass is 234 g/mol. The van der Waals surface area contributed by atoms with Crippen LogP contribution >= 0.6 is 0 Å². The maximum Gasteiger partial charge on any atom is 0.225 e. The molecule has 1 aromatic heterocycles. The van der Waals surface area contributed by atoms with Crippen LogP contribution in [0.25, 0.3) is 0 Å². The Hall–Kier alpha value is -1.49. The molecule has 0 atom stereocenters. The van der Waals surface area contributed by atoms with Gasteiger partial charge in [0.25, 0.3) is 0 Å². The summed E-state index contributed by atoms with van der Waals surface area (Å²) < 4.78 is 0. The normalized spacial score (nSPS) is 17.5. The summed E-state index contributed by atoms with van der Waals surface area (Å²) in [7, 11) is 0. The first-order chi connectivity index (χ1) is 8.20. The van der Waals surface area contributed by atoms with Crippen molar-refractivity contribution in [2.45, 2.75) is 19.9 Å². The number of hydrogen-bond donors (Lipinski definition) is 0. The Morgan fingerprint density at radius 3 is 2.24 bits per heavy atom. The van der Waals surface area contributed by atoms with Crippen molar-refractivity contribution in [3.63, 3.8) is 0 Å². The molecule has 5 nitrogen and oxygen atoms in total. The first kappa shape index (κ1) is 12.0. The number of aldehydes is 1. The summed E-state index contributed by atoms with van der Waals surface area (Å²) in [6.07, 6.45) is 3.91. The van der Waals surface area contributed by atoms with Crippen LogP contribution in [0.4, 0.5) is 5.95 Å². The first-order valence-corrected chi connectivity index (χ1v) is 5.97. The van der Waals surface area contributed by atoms with E-state index in [1.165, 1.54) is 0 Å². The molecule has 1 aliphatic heterocycles. The van der Waals surface area contributed by atoms with Gasteiger partial charge in [-0.2, -0.15) is 0 Å². The van der Waals surface area contributed by atoms with Crippen LogP contribution in [0.5, 0.6) is 0 Å². The molecule has 2 heterocycles. The third-order valence-electron chi connectivity index (χ3n) is 3.12. The van der Waals surface area contributed by atoms with Gasteiger partial charge >= 0.3 is 0 Å².